The van der Waals surface area contributed by atoms with Crippen LogP contribution in [0.4, 0.5) is 0 Å². The second kappa shape index (κ2) is 10.2. The lowest BCUT2D eigenvalue weighted by molar-refractivity contribution is 0.160. The molecule has 1 aromatic heterocycles. The van der Waals surface area contributed by atoms with E-state index in [1.54, 1.807) is 11.3 Å². The molecular weight excluding hydrogens is 388 g/mol. The van der Waals surface area contributed by atoms with Crippen LogP contribution in [0.2, 0.25) is 0 Å². The van der Waals surface area contributed by atoms with Crippen molar-refractivity contribution in [3.05, 3.63) is 95.9 Å². The first-order valence-electron chi connectivity index (χ1n) is 10.4. The monoisotopic (exact) mass is 414 g/mol. The van der Waals surface area contributed by atoms with Crippen molar-refractivity contribution >= 4 is 11.3 Å². The fraction of sp³-hybridized carbons (Fsp3) is 0.192. The van der Waals surface area contributed by atoms with E-state index in [-0.39, 0.29) is 6.23 Å². The molecule has 0 saturated heterocycles. The Bertz CT molecular complexity index is 1030. The molecule has 4 heteroatoms. The molecule has 0 spiro atoms. The molecule has 1 heterocycles. The van der Waals surface area contributed by atoms with E-state index < -0.39 is 0 Å². The molecule has 1 unspecified atom stereocenters. The van der Waals surface area contributed by atoms with Gasteiger partial charge in [-0.3, -0.25) is 5.32 Å². The topological polar surface area (TPSA) is 34.1 Å². The van der Waals surface area contributed by atoms with Gasteiger partial charge in [0.2, 0.25) is 0 Å². The molecule has 0 aliphatic heterocycles. The predicted octanol–water partition coefficient (Wildman–Crippen LogP) is 6.42. The summed E-state index contributed by atoms with van der Waals surface area (Å²) in [5, 5.41) is 6.65. The predicted molar refractivity (Wildman–Crippen MR) is 126 cm³/mol. The van der Waals surface area contributed by atoms with Crippen LogP contribution < -0.4 is 10.1 Å². The van der Waals surface area contributed by atoms with Crippen LogP contribution in [-0.2, 0) is 6.42 Å². The van der Waals surface area contributed by atoms with Crippen molar-refractivity contribution in [1.82, 2.24) is 10.3 Å². The van der Waals surface area contributed by atoms with Gasteiger partial charge in [0.05, 0.1) is 5.69 Å². The zero-order chi connectivity index (χ0) is 20.6. The maximum absolute atomic E-state index is 6.14. The highest BCUT2D eigenvalue weighted by molar-refractivity contribution is 7.13. The van der Waals surface area contributed by atoms with Gasteiger partial charge in [0.15, 0.2) is 0 Å². The van der Waals surface area contributed by atoms with Gasteiger partial charge in [-0.05, 0) is 42.7 Å². The Labute approximate surface area is 182 Å². The lowest BCUT2D eigenvalue weighted by Gasteiger charge is -2.19. The van der Waals surface area contributed by atoms with Gasteiger partial charge in [-0.1, -0.05) is 67.6 Å². The quantitative estimate of drug-likeness (QED) is 0.321. The molecule has 0 bridgehead atoms. The Balaban J connectivity index is 1.34. The van der Waals surface area contributed by atoms with Gasteiger partial charge in [-0.15, -0.1) is 11.3 Å². The van der Waals surface area contributed by atoms with Gasteiger partial charge in [0.1, 0.15) is 17.0 Å². The van der Waals surface area contributed by atoms with Crippen LogP contribution in [0.25, 0.3) is 21.8 Å². The highest BCUT2D eigenvalue weighted by Crippen LogP contribution is 2.29. The van der Waals surface area contributed by atoms with Crippen molar-refractivity contribution in [2.45, 2.75) is 26.0 Å². The van der Waals surface area contributed by atoms with Crippen LogP contribution >= 0.6 is 11.3 Å². The average molecular weight is 415 g/mol. The molecule has 4 rings (SSSR count). The van der Waals surface area contributed by atoms with Crippen molar-refractivity contribution in [3.8, 4) is 27.6 Å². The number of rotatable bonds is 9. The zero-order valence-electron chi connectivity index (χ0n) is 17.1. The summed E-state index contributed by atoms with van der Waals surface area (Å²) in [5.74, 6) is 0.872. The zero-order valence-corrected chi connectivity index (χ0v) is 17.9. The summed E-state index contributed by atoms with van der Waals surface area (Å²) in [7, 11) is 0. The van der Waals surface area contributed by atoms with Crippen LogP contribution in [0, 0.1) is 0 Å². The van der Waals surface area contributed by atoms with Crippen LogP contribution in [0.15, 0.2) is 90.3 Å². The first-order valence-corrected chi connectivity index (χ1v) is 11.2. The number of hydrogen-bond acceptors (Lipinski definition) is 4. The number of aromatic nitrogens is 1. The van der Waals surface area contributed by atoms with E-state index in [9.17, 15) is 0 Å². The third kappa shape index (κ3) is 5.35. The van der Waals surface area contributed by atoms with Gasteiger partial charge in [-0.25, -0.2) is 4.98 Å². The highest BCUT2D eigenvalue weighted by Gasteiger charge is 2.09. The standard InChI is InChI=1S/C26H26N2OS/c1-2-25(27-18-17-20-9-5-3-6-10-20)29-23-15-13-21(14-16-23)24-19-30-26(28-24)22-11-7-4-8-12-22/h3-16,19,25,27H,2,17-18H2,1H3. The first kappa shape index (κ1) is 20.3. The van der Waals surface area contributed by atoms with Gasteiger partial charge in [0.25, 0.3) is 0 Å². The highest BCUT2D eigenvalue weighted by atomic mass is 32.1. The molecule has 3 aromatic carbocycles. The molecule has 0 aliphatic carbocycles. The number of benzene rings is 3. The fourth-order valence-corrected chi connectivity index (χ4v) is 4.11. The number of nitrogens with one attached hydrogen (secondary N) is 1. The largest absolute Gasteiger partial charge is 0.475 e. The second-order valence-corrected chi connectivity index (χ2v) is 7.99. The number of nitrogens with zero attached hydrogens (tertiary/aromatic N) is 1. The summed E-state index contributed by atoms with van der Waals surface area (Å²) in [6.45, 7) is 3.02. The van der Waals surface area contributed by atoms with Crippen LogP contribution in [0.5, 0.6) is 5.75 Å². The van der Waals surface area contributed by atoms with E-state index >= 15 is 0 Å². The van der Waals surface area contributed by atoms with Crippen LogP contribution in [0.3, 0.4) is 0 Å². The molecule has 1 atom stereocenters. The van der Waals surface area contributed by atoms with E-state index in [2.05, 4.69) is 66.2 Å². The number of ether oxygens (including phenoxy) is 1. The van der Waals surface area contributed by atoms with Gasteiger partial charge >= 0.3 is 0 Å². The second-order valence-electron chi connectivity index (χ2n) is 7.13. The van der Waals surface area contributed by atoms with E-state index in [0.717, 1.165) is 47.0 Å². The lowest BCUT2D eigenvalue weighted by atomic mass is 10.1. The van der Waals surface area contributed by atoms with Gasteiger partial charge in [0, 0.05) is 23.1 Å². The number of thiazole rings is 1. The minimum absolute atomic E-state index is 0.00326. The Hall–Kier alpha value is -2.95. The lowest BCUT2D eigenvalue weighted by Crippen LogP contribution is -2.35. The van der Waals surface area contributed by atoms with E-state index in [0.29, 0.717) is 0 Å². The van der Waals surface area contributed by atoms with E-state index in [1.165, 1.54) is 5.56 Å². The third-order valence-corrected chi connectivity index (χ3v) is 5.84. The molecule has 4 aromatic rings. The molecule has 0 saturated carbocycles. The Morgan fingerprint density at radius 3 is 2.27 bits per heavy atom. The van der Waals surface area contributed by atoms with E-state index in [4.69, 9.17) is 9.72 Å². The molecule has 0 fully saturated rings. The Morgan fingerprint density at radius 2 is 1.57 bits per heavy atom. The number of hydrogen-bond donors (Lipinski definition) is 1. The normalized spacial score (nSPS) is 11.9. The molecule has 30 heavy (non-hydrogen) atoms. The summed E-state index contributed by atoms with van der Waals surface area (Å²) in [6.07, 6.45) is 1.90. The molecule has 1 N–H and O–H groups in total. The van der Waals surface area contributed by atoms with E-state index in [1.807, 2.05) is 36.4 Å². The molecular formula is C26H26N2OS. The molecule has 0 amide bonds. The minimum Gasteiger partial charge on any atom is -0.475 e. The van der Waals surface area contributed by atoms with Gasteiger partial charge < -0.3 is 4.74 Å². The summed E-state index contributed by atoms with van der Waals surface area (Å²) in [4.78, 5) is 4.79. The first-order chi connectivity index (χ1) is 14.8. The molecule has 0 aliphatic rings. The van der Waals surface area contributed by atoms with Crippen LogP contribution in [0.1, 0.15) is 18.9 Å². The minimum atomic E-state index is 0.00326. The molecule has 0 radical (unpaired) electrons. The SMILES string of the molecule is CCC(NCCc1ccccc1)Oc1ccc(-c2csc(-c3ccccc3)n2)cc1. The maximum atomic E-state index is 6.14. The van der Waals surface area contributed by atoms with Crippen molar-refractivity contribution in [2.24, 2.45) is 0 Å². The summed E-state index contributed by atoms with van der Waals surface area (Å²) in [6, 6.07) is 29.0. The fourth-order valence-electron chi connectivity index (χ4n) is 3.28. The molecule has 152 valence electrons. The van der Waals surface area contributed by atoms with Crippen molar-refractivity contribution in [1.29, 1.82) is 0 Å². The van der Waals surface area contributed by atoms with Gasteiger partial charge in [-0.2, -0.15) is 0 Å². The summed E-state index contributed by atoms with van der Waals surface area (Å²) in [5.41, 5.74) is 4.59. The third-order valence-electron chi connectivity index (χ3n) is 4.95. The average Bonchev–Trinajstić information content (AvgIpc) is 3.30. The smallest absolute Gasteiger partial charge is 0.149 e. The summed E-state index contributed by atoms with van der Waals surface area (Å²) < 4.78 is 6.14. The van der Waals surface area contributed by atoms with Crippen LogP contribution in [-0.4, -0.2) is 17.8 Å². The van der Waals surface area contributed by atoms with Crippen molar-refractivity contribution in [3.63, 3.8) is 0 Å². The van der Waals surface area contributed by atoms with Crippen molar-refractivity contribution in [2.75, 3.05) is 6.54 Å². The summed E-state index contributed by atoms with van der Waals surface area (Å²) >= 11 is 1.67. The molecule has 3 nitrogen and oxygen atoms in total. The maximum Gasteiger partial charge on any atom is 0.149 e. The Morgan fingerprint density at radius 1 is 0.867 bits per heavy atom. The van der Waals surface area contributed by atoms with Crippen molar-refractivity contribution < 1.29 is 4.74 Å². The Kier molecular flexibility index (Phi) is 6.91.